The molecule has 0 bridgehead atoms. The van der Waals surface area contributed by atoms with E-state index in [0.717, 1.165) is 0 Å². The van der Waals surface area contributed by atoms with Gasteiger partial charge < -0.3 is 0 Å². The summed E-state index contributed by atoms with van der Waals surface area (Å²) in [7, 11) is 0. The average Bonchev–Trinajstić information content (AvgIpc) is 3.06. The maximum Gasteiger partial charge on any atom is 0.0387 e. The van der Waals surface area contributed by atoms with Gasteiger partial charge in [-0.3, -0.25) is 0 Å². The van der Waals surface area contributed by atoms with Crippen molar-refractivity contribution in [3.63, 3.8) is 0 Å². The highest BCUT2D eigenvalue weighted by Gasteiger charge is 2.13. The summed E-state index contributed by atoms with van der Waals surface area (Å²) in [6, 6.07) is 9.56. The minimum absolute atomic E-state index is 1.23. The van der Waals surface area contributed by atoms with Crippen LogP contribution in [0.5, 0.6) is 0 Å². The van der Waals surface area contributed by atoms with Gasteiger partial charge in [0.1, 0.15) is 0 Å². The van der Waals surface area contributed by atoms with Gasteiger partial charge in [-0.25, -0.2) is 0 Å². The molecular formula is C26H36S. The van der Waals surface area contributed by atoms with Gasteiger partial charge in [0.15, 0.2) is 0 Å². The number of hydrogen-bond acceptors (Lipinski definition) is 1. The van der Waals surface area contributed by atoms with Crippen molar-refractivity contribution in [1.29, 1.82) is 0 Å². The summed E-state index contributed by atoms with van der Waals surface area (Å²) in [6.45, 7) is 9.26. The Morgan fingerprint density at radius 2 is 1.04 bits per heavy atom. The largest absolute Gasteiger partial charge is 0.135 e. The Hall–Kier alpha value is -1.34. The number of fused-ring (bicyclic) bond motifs is 3. The molecule has 3 aromatic rings. The quantitative estimate of drug-likeness (QED) is 0.308. The first-order valence-electron chi connectivity index (χ1n) is 11.1. The van der Waals surface area contributed by atoms with Crippen LogP contribution in [0.2, 0.25) is 0 Å². The minimum Gasteiger partial charge on any atom is -0.135 e. The molecule has 0 amide bonds. The Labute approximate surface area is 170 Å². The van der Waals surface area contributed by atoms with E-state index in [-0.39, 0.29) is 0 Å². The number of rotatable bonds is 10. The molecule has 0 aliphatic carbocycles. The first kappa shape index (κ1) is 20.4. The first-order valence-corrected chi connectivity index (χ1v) is 11.9. The maximum absolute atomic E-state index is 2.39. The van der Waals surface area contributed by atoms with Crippen molar-refractivity contribution >= 4 is 31.5 Å². The topological polar surface area (TPSA) is 0 Å². The summed E-state index contributed by atoms with van der Waals surface area (Å²) in [5.74, 6) is 0. The second kappa shape index (κ2) is 9.73. The molecule has 1 aromatic heterocycles. The predicted octanol–water partition coefficient (Wildman–Crippen LogP) is 8.92. The predicted molar refractivity (Wildman–Crippen MR) is 124 cm³/mol. The molecule has 146 valence electrons. The summed E-state index contributed by atoms with van der Waals surface area (Å²) in [5.41, 5.74) is 6.16. The van der Waals surface area contributed by atoms with Gasteiger partial charge >= 0.3 is 0 Å². The molecule has 1 heteroatoms. The van der Waals surface area contributed by atoms with Gasteiger partial charge in [0.05, 0.1) is 0 Å². The van der Waals surface area contributed by atoms with Crippen molar-refractivity contribution in [2.75, 3.05) is 0 Å². The summed E-state index contributed by atoms with van der Waals surface area (Å²) in [6.07, 6.45) is 13.2. The summed E-state index contributed by atoms with van der Waals surface area (Å²) >= 11 is 2.03. The molecule has 0 N–H and O–H groups in total. The average molecular weight is 381 g/mol. The fourth-order valence-electron chi connectivity index (χ4n) is 4.28. The van der Waals surface area contributed by atoms with Crippen molar-refractivity contribution in [3.05, 3.63) is 46.5 Å². The number of hydrogen-bond donors (Lipinski definition) is 0. The fourth-order valence-corrected chi connectivity index (χ4v) is 5.63. The summed E-state index contributed by atoms with van der Waals surface area (Å²) < 4.78 is 3.04. The van der Waals surface area contributed by atoms with Crippen molar-refractivity contribution in [3.8, 4) is 0 Å². The molecule has 0 aliphatic heterocycles. The Morgan fingerprint density at radius 3 is 1.44 bits per heavy atom. The van der Waals surface area contributed by atoms with E-state index < -0.39 is 0 Å². The van der Waals surface area contributed by atoms with E-state index in [1.54, 1.807) is 11.1 Å². The third kappa shape index (κ3) is 4.57. The molecule has 27 heavy (non-hydrogen) atoms. The van der Waals surface area contributed by atoms with Gasteiger partial charge in [-0.1, -0.05) is 76.6 Å². The van der Waals surface area contributed by atoms with Gasteiger partial charge in [-0.05, 0) is 61.8 Å². The molecule has 0 saturated heterocycles. The van der Waals surface area contributed by atoms with E-state index in [2.05, 4.69) is 52.0 Å². The number of unbranched alkanes of at least 4 members (excludes halogenated alkanes) is 6. The number of thiophene rings is 1. The molecule has 0 unspecified atom stereocenters. The fraction of sp³-hybridized carbons (Fsp3) is 0.538. The lowest BCUT2D eigenvalue weighted by atomic mass is 9.97. The van der Waals surface area contributed by atoms with Crippen LogP contribution >= 0.6 is 11.3 Å². The maximum atomic E-state index is 2.39. The van der Waals surface area contributed by atoms with Gasteiger partial charge in [-0.15, -0.1) is 11.3 Å². The van der Waals surface area contributed by atoms with E-state index in [0.29, 0.717) is 0 Å². The Morgan fingerprint density at radius 1 is 0.593 bits per heavy atom. The third-order valence-corrected chi connectivity index (χ3v) is 7.59. The molecule has 1 heterocycles. The molecule has 3 rings (SSSR count). The second-order valence-corrected chi connectivity index (χ2v) is 9.20. The SMILES string of the molecule is CCCCCCc1ccc2c(sc3c(C)c(CCCCCC)ccc32)c1C. The van der Waals surface area contributed by atoms with Crippen LogP contribution in [0.4, 0.5) is 0 Å². The zero-order valence-electron chi connectivity index (χ0n) is 17.8. The minimum atomic E-state index is 1.23. The lowest BCUT2D eigenvalue weighted by Crippen LogP contribution is -1.90. The molecule has 0 spiro atoms. The van der Waals surface area contributed by atoms with Crippen molar-refractivity contribution in [2.24, 2.45) is 0 Å². The van der Waals surface area contributed by atoms with Crippen LogP contribution in [-0.4, -0.2) is 0 Å². The van der Waals surface area contributed by atoms with Crippen LogP contribution in [0.25, 0.3) is 20.2 Å². The van der Waals surface area contributed by atoms with E-state index in [1.165, 1.54) is 95.5 Å². The molecule has 0 radical (unpaired) electrons. The third-order valence-electron chi connectivity index (χ3n) is 6.13. The zero-order chi connectivity index (χ0) is 19.2. The molecule has 0 aliphatic rings. The van der Waals surface area contributed by atoms with Crippen LogP contribution in [0, 0.1) is 13.8 Å². The van der Waals surface area contributed by atoms with Crippen LogP contribution in [0.3, 0.4) is 0 Å². The summed E-state index contributed by atoms with van der Waals surface area (Å²) in [5, 5.41) is 2.93. The number of benzene rings is 2. The smallest absolute Gasteiger partial charge is 0.0387 e. The van der Waals surface area contributed by atoms with Crippen molar-refractivity contribution in [1.82, 2.24) is 0 Å². The molecule has 0 nitrogen and oxygen atoms in total. The van der Waals surface area contributed by atoms with Gasteiger partial charge in [0, 0.05) is 20.2 Å². The van der Waals surface area contributed by atoms with Crippen LogP contribution in [0.15, 0.2) is 24.3 Å². The highest BCUT2D eigenvalue weighted by molar-refractivity contribution is 7.26. The summed E-state index contributed by atoms with van der Waals surface area (Å²) in [4.78, 5) is 0. The van der Waals surface area contributed by atoms with E-state index in [9.17, 15) is 0 Å². The van der Waals surface area contributed by atoms with Crippen LogP contribution < -0.4 is 0 Å². The normalized spacial score (nSPS) is 11.7. The van der Waals surface area contributed by atoms with E-state index in [1.807, 2.05) is 11.3 Å². The lowest BCUT2D eigenvalue weighted by molar-refractivity contribution is 0.666. The monoisotopic (exact) mass is 380 g/mol. The Balaban J connectivity index is 1.88. The van der Waals surface area contributed by atoms with Gasteiger partial charge in [-0.2, -0.15) is 0 Å². The van der Waals surface area contributed by atoms with Gasteiger partial charge in [0.25, 0.3) is 0 Å². The molecule has 2 aromatic carbocycles. The van der Waals surface area contributed by atoms with Crippen molar-refractivity contribution < 1.29 is 0 Å². The standard InChI is InChI=1S/C26H36S/c1-5-7-9-11-13-21-15-17-23-24-18-16-22(14-12-10-8-6-2)20(4)26(24)27-25(23)19(21)3/h15-18H,5-14H2,1-4H3. The van der Waals surface area contributed by atoms with E-state index in [4.69, 9.17) is 0 Å². The highest BCUT2D eigenvalue weighted by Crippen LogP contribution is 2.40. The van der Waals surface area contributed by atoms with Crippen LogP contribution in [0.1, 0.15) is 87.5 Å². The molecule has 0 saturated carbocycles. The lowest BCUT2D eigenvalue weighted by Gasteiger charge is -2.07. The van der Waals surface area contributed by atoms with Crippen LogP contribution in [-0.2, 0) is 12.8 Å². The molecule has 0 fully saturated rings. The first-order chi connectivity index (χ1) is 13.2. The second-order valence-electron chi connectivity index (χ2n) is 8.18. The highest BCUT2D eigenvalue weighted by atomic mass is 32.1. The molecular weight excluding hydrogens is 344 g/mol. The Kier molecular flexibility index (Phi) is 7.35. The molecule has 0 atom stereocenters. The Bertz CT molecular complexity index is 812. The van der Waals surface area contributed by atoms with E-state index >= 15 is 0 Å². The number of aryl methyl sites for hydroxylation is 4. The van der Waals surface area contributed by atoms with Crippen molar-refractivity contribution in [2.45, 2.75) is 91.9 Å². The van der Waals surface area contributed by atoms with Gasteiger partial charge in [0.2, 0.25) is 0 Å². The zero-order valence-corrected chi connectivity index (χ0v) is 18.6.